The lowest BCUT2D eigenvalue weighted by molar-refractivity contribution is -0.115. The molecule has 2 aromatic carbocycles. The van der Waals surface area contributed by atoms with Crippen LogP contribution in [0.4, 0.5) is 5.69 Å². The van der Waals surface area contributed by atoms with Gasteiger partial charge in [-0.3, -0.25) is 9.59 Å². The van der Waals surface area contributed by atoms with Gasteiger partial charge in [0.05, 0.1) is 25.9 Å². The van der Waals surface area contributed by atoms with Crippen molar-refractivity contribution in [2.24, 2.45) is 0 Å². The fourth-order valence-corrected chi connectivity index (χ4v) is 3.83. The summed E-state index contributed by atoms with van der Waals surface area (Å²) in [6, 6.07) is 9.47. The van der Waals surface area contributed by atoms with Crippen LogP contribution in [0.3, 0.4) is 0 Å². The van der Waals surface area contributed by atoms with Crippen molar-refractivity contribution in [3.8, 4) is 0 Å². The summed E-state index contributed by atoms with van der Waals surface area (Å²) in [6.07, 6.45) is 1.86. The lowest BCUT2D eigenvalue weighted by Gasteiger charge is -2.27. The van der Waals surface area contributed by atoms with Gasteiger partial charge in [0.15, 0.2) is 0 Å². The predicted molar refractivity (Wildman–Crippen MR) is 116 cm³/mol. The number of furan rings is 1. The first-order valence-corrected chi connectivity index (χ1v) is 10.2. The van der Waals surface area contributed by atoms with Crippen LogP contribution in [-0.2, 0) is 16.0 Å². The fourth-order valence-electron chi connectivity index (χ4n) is 3.83. The first-order valence-electron chi connectivity index (χ1n) is 10.2. The zero-order chi connectivity index (χ0) is 21.3. The molecule has 4 rings (SSSR count). The molecule has 1 aliphatic rings. The second-order valence-electron chi connectivity index (χ2n) is 7.75. The van der Waals surface area contributed by atoms with Crippen LogP contribution in [0.1, 0.15) is 32.6 Å². The Morgan fingerprint density at radius 1 is 1.03 bits per heavy atom. The number of nitrogens with zero attached hydrogens (tertiary/aromatic N) is 1. The molecule has 0 aliphatic carbocycles. The molecular weight excluding hydrogens is 380 g/mol. The van der Waals surface area contributed by atoms with Crippen LogP contribution in [0.25, 0.3) is 11.0 Å². The van der Waals surface area contributed by atoms with Gasteiger partial charge in [0.2, 0.25) is 5.91 Å². The average Bonchev–Trinajstić information content (AvgIpc) is 3.15. The Bertz CT molecular complexity index is 1110. The number of nitrogens with one attached hydrogen (secondary N) is 1. The number of hydrogen-bond acceptors (Lipinski definition) is 4. The van der Waals surface area contributed by atoms with Crippen LogP contribution >= 0.6 is 0 Å². The molecule has 1 fully saturated rings. The van der Waals surface area contributed by atoms with E-state index >= 15 is 0 Å². The number of morpholine rings is 1. The highest BCUT2D eigenvalue weighted by molar-refractivity contribution is 6.00. The van der Waals surface area contributed by atoms with Gasteiger partial charge in [-0.05, 0) is 49.6 Å². The third kappa shape index (κ3) is 3.83. The van der Waals surface area contributed by atoms with Gasteiger partial charge in [-0.15, -0.1) is 0 Å². The SMILES string of the molecule is Cc1ccc2c(CC(=O)Nc3cccc(C(=O)N4CCOCC4)c3C)coc2c1C. The molecule has 0 spiro atoms. The quantitative estimate of drug-likeness (QED) is 0.711. The molecule has 2 heterocycles. The van der Waals surface area contributed by atoms with E-state index in [9.17, 15) is 9.59 Å². The summed E-state index contributed by atoms with van der Waals surface area (Å²) in [4.78, 5) is 27.4. The van der Waals surface area contributed by atoms with Crippen LogP contribution in [0, 0.1) is 20.8 Å². The largest absolute Gasteiger partial charge is 0.464 e. The molecule has 0 unspecified atom stereocenters. The van der Waals surface area contributed by atoms with E-state index in [1.807, 2.05) is 39.0 Å². The summed E-state index contributed by atoms with van der Waals surface area (Å²) < 4.78 is 11.0. The molecule has 0 atom stereocenters. The van der Waals surface area contributed by atoms with E-state index in [0.717, 1.165) is 33.2 Å². The minimum Gasteiger partial charge on any atom is -0.464 e. The van der Waals surface area contributed by atoms with Gasteiger partial charge in [-0.25, -0.2) is 0 Å². The van der Waals surface area contributed by atoms with E-state index in [-0.39, 0.29) is 18.2 Å². The van der Waals surface area contributed by atoms with Crippen LogP contribution in [0.15, 0.2) is 41.0 Å². The number of rotatable bonds is 4. The van der Waals surface area contributed by atoms with Gasteiger partial charge in [0.25, 0.3) is 5.91 Å². The van der Waals surface area contributed by atoms with Gasteiger partial charge in [-0.1, -0.05) is 18.2 Å². The topological polar surface area (TPSA) is 71.8 Å². The maximum absolute atomic E-state index is 12.9. The van der Waals surface area contributed by atoms with E-state index < -0.39 is 0 Å². The first-order chi connectivity index (χ1) is 14.5. The van der Waals surface area contributed by atoms with Crippen molar-refractivity contribution in [3.63, 3.8) is 0 Å². The number of carbonyl (C=O) groups is 2. The molecule has 30 heavy (non-hydrogen) atoms. The molecule has 2 amide bonds. The summed E-state index contributed by atoms with van der Waals surface area (Å²) in [5.74, 6) is -0.173. The zero-order valence-electron chi connectivity index (χ0n) is 17.6. The molecule has 0 bridgehead atoms. The van der Waals surface area contributed by atoms with E-state index in [1.54, 1.807) is 23.3 Å². The molecule has 0 radical (unpaired) electrons. The molecule has 3 aromatic rings. The number of ether oxygens (including phenoxy) is 1. The molecule has 6 nitrogen and oxygen atoms in total. The molecular formula is C24H26N2O4. The van der Waals surface area contributed by atoms with Crippen molar-refractivity contribution in [2.45, 2.75) is 27.2 Å². The van der Waals surface area contributed by atoms with Crippen molar-refractivity contribution in [3.05, 3.63) is 64.4 Å². The molecule has 1 aliphatic heterocycles. The summed E-state index contributed by atoms with van der Waals surface area (Å²) in [5, 5.41) is 3.92. The molecule has 1 saturated heterocycles. The Labute approximate surface area is 175 Å². The Kier molecular flexibility index (Phi) is 5.59. The summed E-state index contributed by atoms with van der Waals surface area (Å²) >= 11 is 0. The maximum Gasteiger partial charge on any atom is 0.254 e. The Balaban J connectivity index is 1.51. The van der Waals surface area contributed by atoms with E-state index in [2.05, 4.69) is 5.32 Å². The van der Waals surface area contributed by atoms with Crippen LogP contribution in [0.5, 0.6) is 0 Å². The third-order valence-corrected chi connectivity index (χ3v) is 5.83. The third-order valence-electron chi connectivity index (χ3n) is 5.83. The molecule has 1 aromatic heterocycles. The highest BCUT2D eigenvalue weighted by Crippen LogP contribution is 2.27. The molecule has 156 valence electrons. The number of hydrogen-bond donors (Lipinski definition) is 1. The highest BCUT2D eigenvalue weighted by atomic mass is 16.5. The van der Waals surface area contributed by atoms with Gasteiger partial charge in [0, 0.05) is 35.3 Å². The van der Waals surface area contributed by atoms with Crippen LogP contribution < -0.4 is 5.32 Å². The highest BCUT2D eigenvalue weighted by Gasteiger charge is 2.21. The van der Waals surface area contributed by atoms with E-state index in [0.29, 0.717) is 37.6 Å². The second-order valence-corrected chi connectivity index (χ2v) is 7.75. The zero-order valence-corrected chi connectivity index (χ0v) is 17.6. The van der Waals surface area contributed by atoms with Gasteiger partial charge in [-0.2, -0.15) is 0 Å². The minimum atomic E-state index is -0.144. The number of anilines is 1. The Hall–Kier alpha value is -3.12. The lowest BCUT2D eigenvalue weighted by atomic mass is 10.0. The number of aryl methyl sites for hydroxylation is 2. The van der Waals surface area contributed by atoms with Gasteiger partial charge >= 0.3 is 0 Å². The van der Waals surface area contributed by atoms with Crippen LogP contribution in [0.2, 0.25) is 0 Å². The first kappa shape index (κ1) is 20.2. The number of fused-ring (bicyclic) bond motifs is 1. The van der Waals surface area contributed by atoms with Crippen molar-refractivity contribution in [1.29, 1.82) is 0 Å². The van der Waals surface area contributed by atoms with Crippen LogP contribution in [-0.4, -0.2) is 43.0 Å². The monoisotopic (exact) mass is 406 g/mol. The normalized spacial score (nSPS) is 14.2. The molecule has 1 N–H and O–H groups in total. The Morgan fingerprint density at radius 3 is 2.57 bits per heavy atom. The number of benzene rings is 2. The summed E-state index contributed by atoms with van der Waals surface area (Å²) in [7, 11) is 0. The molecule has 6 heteroatoms. The van der Waals surface area contributed by atoms with E-state index in [4.69, 9.17) is 9.15 Å². The average molecular weight is 406 g/mol. The predicted octanol–water partition coefficient (Wildman–Crippen LogP) is 4.01. The van der Waals surface area contributed by atoms with Gasteiger partial charge in [0.1, 0.15) is 5.58 Å². The lowest BCUT2D eigenvalue weighted by Crippen LogP contribution is -2.41. The standard InChI is InChI=1S/C24H26N2O4/c1-15-7-8-20-18(14-30-23(20)16(15)2)13-22(27)25-21-6-4-5-19(17(21)3)24(28)26-9-11-29-12-10-26/h4-8,14H,9-13H2,1-3H3,(H,25,27). The number of carbonyl (C=O) groups excluding carboxylic acids is 2. The maximum atomic E-state index is 12.9. The minimum absolute atomic E-state index is 0.0291. The van der Waals surface area contributed by atoms with Gasteiger partial charge < -0.3 is 19.4 Å². The van der Waals surface area contributed by atoms with Crippen molar-refractivity contribution >= 4 is 28.5 Å². The fraction of sp³-hybridized carbons (Fsp3) is 0.333. The smallest absolute Gasteiger partial charge is 0.254 e. The van der Waals surface area contributed by atoms with Crippen molar-refractivity contribution in [2.75, 3.05) is 31.6 Å². The Morgan fingerprint density at radius 2 is 1.80 bits per heavy atom. The second kappa shape index (κ2) is 8.32. The summed E-state index contributed by atoms with van der Waals surface area (Å²) in [5.41, 5.74) is 5.95. The summed E-state index contributed by atoms with van der Waals surface area (Å²) in [6.45, 7) is 8.20. The molecule has 0 saturated carbocycles. The van der Waals surface area contributed by atoms with E-state index in [1.165, 1.54) is 0 Å². The van der Waals surface area contributed by atoms with Crippen molar-refractivity contribution in [1.82, 2.24) is 4.90 Å². The number of amides is 2. The van der Waals surface area contributed by atoms with Crippen molar-refractivity contribution < 1.29 is 18.7 Å².